The van der Waals surface area contributed by atoms with Crippen molar-refractivity contribution < 1.29 is 9.90 Å². The van der Waals surface area contributed by atoms with Crippen molar-refractivity contribution in [1.29, 1.82) is 0 Å². The van der Waals surface area contributed by atoms with Gasteiger partial charge < -0.3 is 10.1 Å². The van der Waals surface area contributed by atoms with Gasteiger partial charge in [0.25, 0.3) is 0 Å². The average Bonchev–Trinajstić information content (AvgIpc) is 2.63. The Labute approximate surface area is 109 Å². The molecule has 0 aliphatic rings. The number of fused-ring (bicyclic) bond motifs is 1. The Morgan fingerprint density at radius 2 is 2.22 bits per heavy atom. The van der Waals surface area contributed by atoms with Crippen molar-refractivity contribution in [3.8, 4) is 0 Å². The third-order valence-corrected chi connectivity index (χ3v) is 3.39. The lowest BCUT2D eigenvalue weighted by atomic mass is 10.2. The number of benzene rings is 1. The Kier molecular flexibility index (Phi) is 3.47. The molecule has 2 aromatic rings. The Morgan fingerprint density at radius 1 is 1.50 bits per heavy atom. The lowest BCUT2D eigenvalue weighted by molar-refractivity contribution is -0.133. The van der Waals surface area contributed by atoms with Gasteiger partial charge in [-0.15, -0.1) is 0 Å². The molecule has 6 heteroatoms. The lowest BCUT2D eigenvalue weighted by Gasteiger charge is -2.17. The van der Waals surface area contributed by atoms with E-state index in [0.717, 1.165) is 16.6 Å². The Balaban J connectivity index is 2.51. The fourth-order valence-electron chi connectivity index (χ4n) is 1.76. The van der Waals surface area contributed by atoms with E-state index in [-0.39, 0.29) is 5.75 Å². The molecule has 0 fully saturated rings. The molecule has 0 atom stereocenters. The number of aryl methyl sites for hydroxylation is 1. The van der Waals surface area contributed by atoms with Gasteiger partial charge in [-0.2, -0.15) is 0 Å². The second-order valence-corrected chi connectivity index (χ2v) is 5.17. The normalized spacial score (nSPS) is 10.8. The molecule has 0 unspecified atom stereocenters. The molecule has 0 bridgehead atoms. The zero-order valence-electron chi connectivity index (χ0n) is 10.5. The van der Waals surface area contributed by atoms with E-state index in [1.165, 1.54) is 11.8 Å². The number of aromatic nitrogens is 2. The maximum Gasteiger partial charge on any atom is 0.313 e. The number of hydrogen-bond donors (Lipinski definition) is 1. The van der Waals surface area contributed by atoms with Crippen LogP contribution in [0.5, 0.6) is 0 Å². The van der Waals surface area contributed by atoms with Gasteiger partial charge in [-0.1, -0.05) is 17.8 Å². The summed E-state index contributed by atoms with van der Waals surface area (Å²) in [5.74, 6) is -0.829. The average molecular weight is 265 g/mol. The molecule has 1 N–H and O–H groups in total. The van der Waals surface area contributed by atoms with E-state index < -0.39 is 5.97 Å². The van der Waals surface area contributed by atoms with Crippen LogP contribution >= 0.6 is 11.8 Å². The van der Waals surface area contributed by atoms with Crippen LogP contribution in [0.25, 0.3) is 11.0 Å². The van der Waals surface area contributed by atoms with E-state index in [0.29, 0.717) is 5.16 Å². The van der Waals surface area contributed by atoms with Gasteiger partial charge in [-0.25, -0.2) is 9.66 Å². The molecule has 18 heavy (non-hydrogen) atoms. The van der Waals surface area contributed by atoms with Crippen LogP contribution in [0.15, 0.2) is 23.4 Å². The summed E-state index contributed by atoms with van der Waals surface area (Å²) < 4.78 is 1.93. The van der Waals surface area contributed by atoms with Gasteiger partial charge >= 0.3 is 5.97 Å². The summed E-state index contributed by atoms with van der Waals surface area (Å²) in [6, 6.07) is 6.00. The molecule has 0 saturated heterocycles. The van der Waals surface area contributed by atoms with Crippen LogP contribution in [0.3, 0.4) is 0 Å². The van der Waals surface area contributed by atoms with Gasteiger partial charge in [-0.3, -0.25) is 4.79 Å². The molecule has 0 saturated carbocycles. The summed E-state index contributed by atoms with van der Waals surface area (Å²) in [6.07, 6.45) is 0. The van der Waals surface area contributed by atoms with Crippen molar-refractivity contribution in [2.24, 2.45) is 0 Å². The summed E-state index contributed by atoms with van der Waals surface area (Å²) in [7, 11) is 3.82. The van der Waals surface area contributed by atoms with Crippen molar-refractivity contribution in [3.63, 3.8) is 0 Å². The molecule has 0 radical (unpaired) electrons. The molecular formula is C12H15N3O2S. The highest BCUT2D eigenvalue weighted by atomic mass is 32.2. The Bertz CT molecular complexity index is 592. The minimum Gasteiger partial charge on any atom is -0.481 e. The van der Waals surface area contributed by atoms with Crippen molar-refractivity contribution in [2.75, 3.05) is 24.9 Å². The van der Waals surface area contributed by atoms with Gasteiger partial charge in [0.15, 0.2) is 5.16 Å². The van der Waals surface area contributed by atoms with Gasteiger partial charge in [-0.05, 0) is 24.6 Å². The third kappa shape index (κ3) is 2.43. The summed E-state index contributed by atoms with van der Waals surface area (Å²) in [4.78, 5) is 15.1. The summed E-state index contributed by atoms with van der Waals surface area (Å²) in [5.41, 5.74) is 3.02. The van der Waals surface area contributed by atoms with Crippen molar-refractivity contribution in [2.45, 2.75) is 12.1 Å². The van der Waals surface area contributed by atoms with E-state index in [9.17, 15) is 4.79 Å². The third-order valence-electron chi connectivity index (χ3n) is 2.48. The number of rotatable bonds is 4. The number of carboxylic acids is 1. The van der Waals surface area contributed by atoms with E-state index in [4.69, 9.17) is 5.11 Å². The van der Waals surface area contributed by atoms with Crippen LogP contribution < -0.4 is 5.01 Å². The smallest absolute Gasteiger partial charge is 0.313 e. The molecule has 0 spiro atoms. The molecule has 96 valence electrons. The first kappa shape index (κ1) is 12.8. The predicted octanol–water partition coefficient (Wildman–Crippen LogP) is 1.72. The molecule has 1 aromatic heterocycles. The first-order valence-electron chi connectivity index (χ1n) is 5.50. The number of carbonyl (C=O) groups is 1. The molecule has 1 heterocycles. The molecule has 0 aliphatic carbocycles. The number of thioether (sulfide) groups is 1. The second-order valence-electron chi connectivity index (χ2n) is 4.23. The molecule has 2 rings (SSSR count). The van der Waals surface area contributed by atoms with Crippen LogP contribution in [0.2, 0.25) is 0 Å². The highest BCUT2D eigenvalue weighted by Gasteiger charge is 2.14. The van der Waals surface area contributed by atoms with Crippen LogP contribution in [0.4, 0.5) is 0 Å². The summed E-state index contributed by atoms with van der Waals surface area (Å²) in [5, 5.41) is 11.4. The summed E-state index contributed by atoms with van der Waals surface area (Å²) >= 11 is 1.23. The van der Waals surface area contributed by atoms with Crippen LogP contribution in [0, 0.1) is 6.92 Å². The van der Waals surface area contributed by atoms with Crippen molar-refractivity contribution >= 4 is 28.8 Å². The van der Waals surface area contributed by atoms with Gasteiger partial charge in [0.2, 0.25) is 0 Å². The van der Waals surface area contributed by atoms with E-state index >= 15 is 0 Å². The van der Waals surface area contributed by atoms with Crippen molar-refractivity contribution in [1.82, 2.24) is 9.66 Å². The minimum atomic E-state index is -0.839. The minimum absolute atomic E-state index is 0.0101. The molecular weight excluding hydrogens is 250 g/mol. The molecule has 0 aliphatic heterocycles. The largest absolute Gasteiger partial charge is 0.481 e. The topological polar surface area (TPSA) is 58.4 Å². The lowest BCUT2D eigenvalue weighted by Crippen LogP contribution is -2.25. The zero-order valence-corrected chi connectivity index (χ0v) is 11.4. The Hall–Kier alpha value is -1.69. The maximum absolute atomic E-state index is 10.7. The monoisotopic (exact) mass is 265 g/mol. The highest BCUT2D eigenvalue weighted by molar-refractivity contribution is 7.99. The first-order chi connectivity index (χ1) is 8.49. The number of aliphatic carboxylic acids is 1. The van der Waals surface area contributed by atoms with E-state index in [1.807, 2.05) is 48.9 Å². The highest BCUT2D eigenvalue weighted by Crippen LogP contribution is 2.24. The number of nitrogens with zero attached hydrogens (tertiary/aromatic N) is 3. The number of imidazole rings is 1. The fraction of sp³-hybridized carbons (Fsp3) is 0.333. The van der Waals surface area contributed by atoms with Crippen LogP contribution in [0.1, 0.15) is 5.56 Å². The van der Waals surface area contributed by atoms with E-state index in [1.54, 1.807) is 0 Å². The molecule has 1 aromatic carbocycles. The van der Waals surface area contributed by atoms with Gasteiger partial charge in [0.05, 0.1) is 16.8 Å². The maximum atomic E-state index is 10.7. The molecule has 0 amide bonds. The quantitative estimate of drug-likeness (QED) is 0.853. The van der Waals surface area contributed by atoms with Crippen LogP contribution in [-0.4, -0.2) is 40.6 Å². The summed E-state index contributed by atoms with van der Waals surface area (Å²) in [6.45, 7) is 2.02. The molecule has 5 nitrogen and oxygen atoms in total. The van der Waals surface area contributed by atoms with Crippen LogP contribution in [-0.2, 0) is 4.79 Å². The standard InChI is InChI=1S/C12H15N3O2S/c1-8-4-5-9-10(6-8)15(14(2)3)12(13-9)18-7-11(16)17/h4-6H,7H2,1-3H3,(H,16,17). The van der Waals surface area contributed by atoms with E-state index in [2.05, 4.69) is 4.98 Å². The van der Waals surface area contributed by atoms with Gasteiger partial charge in [0.1, 0.15) is 0 Å². The Morgan fingerprint density at radius 3 is 2.83 bits per heavy atom. The number of hydrogen-bond acceptors (Lipinski definition) is 4. The predicted molar refractivity (Wildman–Crippen MR) is 72.9 cm³/mol. The second kappa shape index (κ2) is 4.89. The first-order valence-corrected chi connectivity index (χ1v) is 6.49. The zero-order chi connectivity index (χ0) is 13.3. The van der Waals surface area contributed by atoms with Gasteiger partial charge in [0, 0.05) is 14.1 Å². The number of carboxylic acid groups (broad SMARTS) is 1. The fourth-order valence-corrected chi connectivity index (χ4v) is 2.56. The van der Waals surface area contributed by atoms with Crippen molar-refractivity contribution in [3.05, 3.63) is 23.8 Å². The SMILES string of the molecule is Cc1ccc2nc(SCC(=O)O)n(N(C)C)c2c1.